The van der Waals surface area contributed by atoms with Gasteiger partial charge in [-0.1, -0.05) is 274 Å². The van der Waals surface area contributed by atoms with Crippen LogP contribution in [0.5, 0.6) is 0 Å². The standard InChI is InChI=1S/C63H117NO8/c1-3-5-7-9-11-13-15-17-19-21-23-25-27-28-29-31-32-34-36-38-40-42-44-46-48-50-52-57(66)56(55-71-63-62(70)61(69)60(68)58(54-65)72-63)64-59(67)53-51-49-47-45-43-41-39-37-35-33-30-26-24-22-20-18-16-14-12-10-8-6-4-2/h16,18,22,24,30,33,50,52,56-58,60-63,65-66,68-70H,3-15,17,19-21,23,25-29,31-32,34-49,51,53-55H2,1-2H3,(H,64,67)/b18-16-,24-22-,33-30-,52-50+. The second-order valence-corrected chi connectivity index (χ2v) is 21.5. The monoisotopic (exact) mass is 1020 g/mol. The zero-order valence-electron chi connectivity index (χ0n) is 46.9. The molecule has 1 aliphatic heterocycles. The molecule has 0 bridgehead atoms. The summed E-state index contributed by atoms with van der Waals surface area (Å²) >= 11 is 0. The normalized spacial score (nSPS) is 19.5. The Morgan fingerprint density at radius 3 is 1.21 bits per heavy atom. The second kappa shape index (κ2) is 52.6. The Morgan fingerprint density at radius 2 is 0.819 bits per heavy atom. The molecule has 0 saturated carbocycles. The van der Waals surface area contributed by atoms with Crippen LogP contribution in [0.4, 0.5) is 0 Å². The fraction of sp³-hybridized carbons (Fsp3) is 0.857. The minimum absolute atomic E-state index is 0.182. The first-order valence-corrected chi connectivity index (χ1v) is 30.9. The largest absolute Gasteiger partial charge is 0.394 e. The Bertz CT molecular complexity index is 1270. The van der Waals surface area contributed by atoms with Crippen LogP contribution in [-0.2, 0) is 14.3 Å². The summed E-state index contributed by atoms with van der Waals surface area (Å²) in [5.74, 6) is -0.182. The van der Waals surface area contributed by atoms with E-state index in [0.717, 1.165) is 64.2 Å². The average molecular weight is 1020 g/mol. The molecule has 1 heterocycles. The second-order valence-electron chi connectivity index (χ2n) is 21.5. The van der Waals surface area contributed by atoms with Gasteiger partial charge in [-0.2, -0.15) is 0 Å². The molecule has 1 aliphatic rings. The number of hydrogen-bond donors (Lipinski definition) is 6. The average Bonchev–Trinajstić information content (AvgIpc) is 3.38. The van der Waals surface area contributed by atoms with Gasteiger partial charge in [0, 0.05) is 6.42 Å². The number of aliphatic hydroxyl groups is 5. The van der Waals surface area contributed by atoms with E-state index in [-0.39, 0.29) is 12.5 Å². The highest BCUT2D eigenvalue weighted by molar-refractivity contribution is 5.76. The summed E-state index contributed by atoms with van der Waals surface area (Å²) in [6.07, 6.45) is 63.2. The maximum Gasteiger partial charge on any atom is 0.220 e. The van der Waals surface area contributed by atoms with Crippen LogP contribution in [0.1, 0.15) is 290 Å². The molecule has 9 heteroatoms. The highest BCUT2D eigenvalue weighted by Gasteiger charge is 2.44. The van der Waals surface area contributed by atoms with Gasteiger partial charge < -0.3 is 40.3 Å². The van der Waals surface area contributed by atoms with Crippen LogP contribution in [0.25, 0.3) is 0 Å². The van der Waals surface area contributed by atoms with E-state index in [4.69, 9.17) is 9.47 Å². The summed E-state index contributed by atoms with van der Waals surface area (Å²) in [7, 11) is 0. The number of ether oxygens (including phenoxy) is 2. The van der Waals surface area contributed by atoms with E-state index < -0.39 is 49.5 Å². The first kappa shape index (κ1) is 68.2. The predicted octanol–water partition coefficient (Wildman–Crippen LogP) is 15.7. The zero-order chi connectivity index (χ0) is 52.2. The Morgan fingerprint density at radius 1 is 0.472 bits per heavy atom. The number of allylic oxidation sites excluding steroid dienone is 7. The SMILES string of the molecule is CCCCCCC/C=C\C/C=C\C/C=C\CCCCCCCCCCC(=O)NC(COC1OC(CO)C(O)C(O)C1O)C(O)/C=C/CCCCCCCCCCCCCCCCCCCCCCCCCC. The van der Waals surface area contributed by atoms with Gasteiger partial charge in [0.25, 0.3) is 0 Å². The van der Waals surface area contributed by atoms with Gasteiger partial charge in [-0.3, -0.25) is 4.79 Å². The smallest absolute Gasteiger partial charge is 0.220 e. The van der Waals surface area contributed by atoms with Crippen LogP contribution in [-0.4, -0.2) is 87.5 Å². The number of amides is 1. The summed E-state index contributed by atoms with van der Waals surface area (Å²) in [5, 5.41) is 54.6. The van der Waals surface area contributed by atoms with E-state index in [1.165, 1.54) is 205 Å². The summed E-state index contributed by atoms with van der Waals surface area (Å²) in [4.78, 5) is 13.1. The van der Waals surface area contributed by atoms with Crippen molar-refractivity contribution >= 4 is 5.91 Å². The summed E-state index contributed by atoms with van der Waals surface area (Å²) < 4.78 is 11.3. The molecule has 1 amide bonds. The van der Waals surface area contributed by atoms with E-state index in [1.54, 1.807) is 6.08 Å². The molecule has 6 N–H and O–H groups in total. The molecule has 7 atom stereocenters. The van der Waals surface area contributed by atoms with Crippen LogP contribution in [0.15, 0.2) is 48.6 Å². The molecule has 422 valence electrons. The number of unbranched alkanes of at least 4 members (excludes halogenated alkanes) is 37. The number of nitrogens with one attached hydrogen (secondary N) is 1. The molecule has 0 aromatic carbocycles. The third-order valence-corrected chi connectivity index (χ3v) is 14.6. The van der Waals surface area contributed by atoms with E-state index >= 15 is 0 Å². The molecule has 0 aliphatic carbocycles. The van der Waals surface area contributed by atoms with Crippen LogP contribution in [0.3, 0.4) is 0 Å². The molecule has 9 nitrogen and oxygen atoms in total. The van der Waals surface area contributed by atoms with Crippen molar-refractivity contribution in [2.75, 3.05) is 13.2 Å². The molecule has 72 heavy (non-hydrogen) atoms. The lowest BCUT2D eigenvalue weighted by Gasteiger charge is -2.40. The topological polar surface area (TPSA) is 149 Å². The van der Waals surface area contributed by atoms with Crippen molar-refractivity contribution in [3.63, 3.8) is 0 Å². The molecular formula is C63H117NO8. The van der Waals surface area contributed by atoms with Crippen molar-refractivity contribution in [2.45, 2.75) is 333 Å². The highest BCUT2D eigenvalue weighted by Crippen LogP contribution is 2.23. The molecule has 1 rings (SSSR count). The predicted molar refractivity (Wildman–Crippen MR) is 304 cm³/mol. The Kier molecular flexibility index (Phi) is 49.8. The van der Waals surface area contributed by atoms with Gasteiger partial charge in [0.15, 0.2) is 6.29 Å². The molecule has 0 radical (unpaired) electrons. The number of carbonyl (C=O) groups is 1. The van der Waals surface area contributed by atoms with E-state index in [2.05, 4.69) is 55.6 Å². The van der Waals surface area contributed by atoms with Gasteiger partial charge in [0.2, 0.25) is 5.91 Å². The third-order valence-electron chi connectivity index (χ3n) is 14.6. The fourth-order valence-electron chi connectivity index (χ4n) is 9.75. The van der Waals surface area contributed by atoms with Crippen molar-refractivity contribution in [3.05, 3.63) is 48.6 Å². The summed E-state index contributed by atoms with van der Waals surface area (Å²) in [5.41, 5.74) is 0. The minimum Gasteiger partial charge on any atom is -0.394 e. The molecule has 7 unspecified atom stereocenters. The van der Waals surface area contributed by atoms with Crippen LogP contribution < -0.4 is 5.32 Å². The molecule has 0 aromatic rings. The van der Waals surface area contributed by atoms with E-state index in [1.807, 2.05) is 6.08 Å². The first-order chi connectivity index (χ1) is 35.3. The zero-order valence-corrected chi connectivity index (χ0v) is 46.9. The lowest BCUT2D eigenvalue weighted by molar-refractivity contribution is -0.302. The maximum atomic E-state index is 13.1. The van der Waals surface area contributed by atoms with Crippen LogP contribution >= 0.6 is 0 Å². The van der Waals surface area contributed by atoms with Crippen molar-refractivity contribution in [2.24, 2.45) is 0 Å². The van der Waals surface area contributed by atoms with E-state index in [0.29, 0.717) is 6.42 Å². The van der Waals surface area contributed by atoms with Gasteiger partial charge in [-0.05, 0) is 57.8 Å². The molecule has 0 spiro atoms. The minimum atomic E-state index is -1.57. The number of hydrogen-bond acceptors (Lipinski definition) is 8. The van der Waals surface area contributed by atoms with Gasteiger partial charge >= 0.3 is 0 Å². The molecular weight excluding hydrogens is 899 g/mol. The molecule has 1 fully saturated rings. The van der Waals surface area contributed by atoms with E-state index in [9.17, 15) is 30.3 Å². The van der Waals surface area contributed by atoms with Crippen molar-refractivity contribution in [3.8, 4) is 0 Å². The highest BCUT2D eigenvalue weighted by atomic mass is 16.7. The van der Waals surface area contributed by atoms with Crippen LogP contribution in [0.2, 0.25) is 0 Å². The lowest BCUT2D eigenvalue weighted by atomic mass is 9.99. The Balaban J connectivity index is 2.21. The van der Waals surface area contributed by atoms with Gasteiger partial charge in [-0.25, -0.2) is 0 Å². The number of rotatable bonds is 53. The maximum absolute atomic E-state index is 13.1. The Labute approximate surface area is 444 Å². The number of aliphatic hydroxyl groups excluding tert-OH is 5. The van der Waals surface area contributed by atoms with Gasteiger partial charge in [0.05, 0.1) is 25.4 Å². The molecule has 0 aromatic heterocycles. The summed E-state index contributed by atoms with van der Waals surface area (Å²) in [6.45, 7) is 3.79. The van der Waals surface area contributed by atoms with Crippen molar-refractivity contribution < 1.29 is 39.8 Å². The third kappa shape index (κ3) is 41.4. The van der Waals surface area contributed by atoms with Crippen LogP contribution in [0, 0.1) is 0 Å². The lowest BCUT2D eigenvalue weighted by Crippen LogP contribution is -2.60. The quantitative estimate of drug-likeness (QED) is 0.0261. The Hall–Kier alpha value is -1.85. The summed E-state index contributed by atoms with van der Waals surface area (Å²) in [6, 6.07) is -0.811. The van der Waals surface area contributed by atoms with Gasteiger partial charge in [-0.15, -0.1) is 0 Å². The first-order valence-electron chi connectivity index (χ1n) is 30.9. The fourth-order valence-corrected chi connectivity index (χ4v) is 9.75. The number of carbonyl (C=O) groups excluding carboxylic acids is 1. The van der Waals surface area contributed by atoms with Crippen molar-refractivity contribution in [1.82, 2.24) is 5.32 Å². The van der Waals surface area contributed by atoms with Gasteiger partial charge in [0.1, 0.15) is 24.4 Å². The molecule has 1 saturated heterocycles. The van der Waals surface area contributed by atoms with Crippen molar-refractivity contribution in [1.29, 1.82) is 0 Å².